The van der Waals surface area contributed by atoms with Crippen LogP contribution >= 0.6 is 15.9 Å². The van der Waals surface area contributed by atoms with E-state index >= 15 is 0 Å². The highest BCUT2D eigenvalue weighted by molar-refractivity contribution is 9.10. The minimum atomic E-state index is -3.74. The van der Waals surface area contributed by atoms with E-state index in [0.29, 0.717) is 0 Å². The van der Waals surface area contributed by atoms with Crippen LogP contribution in [0.3, 0.4) is 0 Å². The van der Waals surface area contributed by atoms with Crippen molar-refractivity contribution in [3.8, 4) is 6.07 Å². The standard InChI is InChI=1S/C13H13BrN2O4S/c14-11-8-9(13(17)18)2-5-12(11)21(19,20)16(7-1-6-15)10-3-4-10/h2,5,8,10H,1,3-4,7H2,(H,17,18). The maximum Gasteiger partial charge on any atom is 0.335 e. The van der Waals surface area contributed by atoms with Gasteiger partial charge in [0.15, 0.2) is 0 Å². The first kappa shape index (κ1) is 15.9. The van der Waals surface area contributed by atoms with Gasteiger partial charge in [-0.25, -0.2) is 13.2 Å². The summed E-state index contributed by atoms with van der Waals surface area (Å²) in [7, 11) is -3.74. The summed E-state index contributed by atoms with van der Waals surface area (Å²) in [4.78, 5) is 10.9. The molecule has 0 saturated heterocycles. The van der Waals surface area contributed by atoms with Crippen molar-refractivity contribution in [2.24, 2.45) is 0 Å². The lowest BCUT2D eigenvalue weighted by atomic mass is 10.2. The third-order valence-corrected chi connectivity index (χ3v) is 6.09. The van der Waals surface area contributed by atoms with E-state index in [9.17, 15) is 13.2 Å². The predicted octanol–water partition coefficient (Wildman–Crippen LogP) is 2.21. The Balaban J connectivity index is 2.38. The highest BCUT2D eigenvalue weighted by Crippen LogP contribution is 2.34. The Morgan fingerprint density at radius 1 is 1.48 bits per heavy atom. The van der Waals surface area contributed by atoms with Crippen LogP contribution in [0.4, 0.5) is 0 Å². The quantitative estimate of drug-likeness (QED) is 0.825. The van der Waals surface area contributed by atoms with E-state index in [1.807, 2.05) is 6.07 Å². The molecule has 0 heterocycles. The van der Waals surface area contributed by atoms with Crippen molar-refractivity contribution < 1.29 is 18.3 Å². The summed E-state index contributed by atoms with van der Waals surface area (Å²) in [5.74, 6) is -1.12. The molecular formula is C13H13BrN2O4S. The zero-order valence-electron chi connectivity index (χ0n) is 11.0. The summed E-state index contributed by atoms with van der Waals surface area (Å²) in [6.07, 6.45) is 1.70. The topological polar surface area (TPSA) is 98.5 Å². The number of hydrogen-bond acceptors (Lipinski definition) is 4. The second kappa shape index (κ2) is 6.13. The minimum absolute atomic E-state index is 0.0100. The van der Waals surface area contributed by atoms with E-state index in [-0.39, 0.29) is 33.9 Å². The number of carboxylic acids is 1. The number of hydrogen-bond donors (Lipinski definition) is 1. The second-order valence-electron chi connectivity index (χ2n) is 4.71. The number of benzene rings is 1. The molecule has 0 aliphatic heterocycles. The van der Waals surface area contributed by atoms with E-state index in [1.165, 1.54) is 22.5 Å². The Kier molecular flexibility index (Phi) is 4.66. The molecule has 8 heteroatoms. The first-order valence-corrected chi connectivity index (χ1v) is 8.53. The zero-order chi connectivity index (χ0) is 15.6. The summed E-state index contributed by atoms with van der Waals surface area (Å²) in [5, 5.41) is 17.6. The Bertz CT molecular complexity index is 707. The van der Waals surface area contributed by atoms with Crippen molar-refractivity contribution >= 4 is 31.9 Å². The fourth-order valence-corrected chi connectivity index (χ4v) is 4.72. The van der Waals surface area contributed by atoms with Gasteiger partial charge in [0.1, 0.15) is 0 Å². The zero-order valence-corrected chi connectivity index (χ0v) is 13.4. The minimum Gasteiger partial charge on any atom is -0.478 e. The third-order valence-electron chi connectivity index (χ3n) is 3.16. The van der Waals surface area contributed by atoms with Gasteiger partial charge < -0.3 is 5.11 Å². The van der Waals surface area contributed by atoms with Crippen LogP contribution in [0, 0.1) is 11.3 Å². The average molecular weight is 373 g/mol. The van der Waals surface area contributed by atoms with Crippen LogP contribution in [-0.4, -0.2) is 36.4 Å². The van der Waals surface area contributed by atoms with Gasteiger partial charge in [0.05, 0.1) is 16.5 Å². The van der Waals surface area contributed by atoms with E-state index in [2.05, 4.69) is 15.9 Å². The molecule has 1 N–H and O–H groups in total. The van der Waals surface area contributed by atoms with Gasteiger partial charge in [0, 0.05) is 23.5 Å². The molecule has 1 aliphatic rings. The molecule has 2 rings (SSSR count). The lowest BCUT2D eigenvalue weighted by Gasteiger charge is -2.21. The summed E-state index contributed by atoms with van der Waals surface area (Å²) >= 11 is 3.12. The van der Waals surface area contributed by atoms with Crippen LogP contribution in [0.15, 0.2) is 27.6 Å². The van der Waals surface area contributed by atoms with Gasteiger partial charge in [0.2, 0.25) is 10.0 Å². The van der Waals surface area contributed by atoms with Crippen molar-refractivity contribution in [1.29, 1.82) is 5.26 Å². The number of nitrogens with zero attached hydrogens (tertiary/aromatic N) is 2. The number of carboxylic acid groups (broad SMARTS) is 1. The molecule has 0 radical (unpaired) electrons. The monoisotopic (exact) mass is 372 g/mol. The predicted molar refractivity (Wildman–Crippen MR) is 78.2 cm³/mol. The molecule has 112 valence electrons. The first-order valence-electron chi connectivity index (χ1n) is 6.29. The van der Waals surface area contributed by atoms with Crippen LogP contribution in [0.2, 0.25) is 0 Å². The summed E-state index contributed by atoms with van der Waals surface area (Å²) in [6, 6.07) is 5.70. The fourth-order valence-electron chi connectivity index (χ4n) is 1.99. The number of carbonyl (C=O) groups is 1. The number of sulfonamides is 1. The normalized spacial score (nSPS) is 14.9. The van der Waals surface area contributed by atoms with Crippen LogP contribution in [0.1, 0.15) is 29.6 Å². The van der Waals surface area contributed by atoms with Crippen molar-refractivity contribution in [3.05, 3.63) is 28.2 Å². The van der Waals surface area contributed by atoms with Crippen molar-refractivity contribution in [3.63, 3.8) is 0 Å². The number of rotatable bonds is 6. The molecule has 0 spiro atoms. The lowest BCUT2D eigenvalue weighted by molar-refractivity contribution is 0.0696. The molecular weight excluding hydrogens is 360 g/mol. The smallest absolute Gasteiger partial charge is 0.335 e. The van der Waals surface area contributed by atoms with Crippen LogP contribution in [0.25, 0.3) is 0 Å². The number of nitriles is 1. The van der Waals surface area contributed by atoms with Crippen molar-refractivity contribution in [1.82, 2.24) is 4.31 Å². The van der Waals surface area contributed by atoms with E-state index in [0.717, 1.165) is 12.8 Å². The molecule has 21 heavy (non-hydrogen) atoms. The van der Waals surface area contributed by atoms with Crippen molar-refractivity contribution in [2.45, 2.75) is 30.2 Å². The van der Waals surface area contributed by atoms with Gasteiger partial charge in [-0.1, -0.05) is 0 Å². The SMILES string of the molecule is N#CCCN(C1CC1)S(=O)(=O)c1ccc(C(=O)O)cc1Br. The fraction of sp³-hybridized carbons (Fsp3) is 0.385. The van der Waals surface area contributed by atoms with Gasteiger partial charge in [0.25, 0.3) is 0 Å². The number of aromatic carboxylic acids is 1. The molecule has 0 amide bonds. The maximum atomic E-state index is 12.7. The molecule has 1 aromatic rings. The second-order valence-corrected chi connectivity index (χ2v) is 7.42. The average Bonchev–Trinajstić information content (AvgIpc) is 3.23. The Morgan fingerprint density at radius 2 is 2.14 bits per heavy atom. The summed E-state index contributed by atoms with van der Waals surface area (Å²) in [5.41, 5.74) is 0.0100. The van der Waals surface area contributed by atoms with Crippen LogP contribution in [0.5, 0.6) is 0 Å². The van der Waals surface area contributed by atoms with Gasteiger partial charge in [-0.05, 0) is 47.0 Å². The lowest BCUT2D eigenvalue weighted by Crippen LogP contribution is -2.34. The molecule has 1 fully saturated rings. The van der Waals surface area contributed by atoms with Gasteiger partial charge >= 0.3 is 5.97 Å². The van der Waals surface area contributed by atoms with Crippen LogP contribution in [-0.2, 0) is 10.0 Å². The van der Waals surface area contributed by atoms with Gasteiger partial charge in [-0.3, -0.25) is 0 Å². The van der Waals surface area contributed by atoms with Crippen LogP contribution < -0.4 is 0 Å². The van der Waals surface area contributed by atoms with Crippen molar-refractivity contribution in [2.75, 3.05) is 6.54 Å². The van der Waals surface area contributed by atoms with E-state index in [4.69, 9.17) is 10.4 Å². The first-order chi connectivity index (χ1) is 9.87. The number of halogens is 1. The Labute approximate surface area is 131 Å². The van der Waals surface area contributed by atoms with Gasteiger partial charge in [-0.2, -0.15) is 9.57 Å². The third kappa shape index (κ3) is 3.43. The molecule has 0 unspecified atom stereocenters. The molecule has 1 aromatic carbocycles. The van der Waals surface area contributed by atoms with E-state index < -0.39 is 16.0 Å². The highest BCUT2D eigenvalue weighted by Gasteiger charge is 2.38. The Morgan fingerprint density at radius 3 is 2.62 bits per heavy atom. The molecule has 1 saturated carbocycles. The van der Waals surface area contributed by atoms with E-state index in [1.54, 1.807) is 0 Å². The molecule has 0 aromatic heterocycles. The largest absolute Gasteiger partial charge is 0.478 e. The molecule has 0 bridgehead atoms. The van der Waals surface area contributed by atoms with Gasteiger partial charge in [-0.15, -0.1) is 0 Å². The maximum absolute atomic E-state index is 12.7. The highest BCUT2D eigenvalue weighted by atomic mass is 79.9. The Hall–Kier alpha value is -1.43. The summed E-state index contributed by atoms with van der Waals surface area (Å²) < 4.78 is 26.9. The molecule has 0 atom stereocenters. The molecule has 6 nitrogen and oxygen atoms in total. The molecule has 1 aliphatic carbocycles. The summed E-state index contributed by atoms with van der Waals surface area (Å²) in [6.45, 7) is 0.149.